The molecular weight excluding hydrogens is 352 g/mol. The molecule has 3 aromatic rings. The Hall–Kier alpha value is -3.41. The van der Waals surface area contributed by atoms with Gasteiger partial charge in [-0.2, -0.15) is 0 Å². The van der Waals surface area contributed by atoms with Gasteiger partial charge in [-0.25, -0.2) is 13.6 Å². The highest BCUT2D eigenvalue weighted by Crippen LogP contribution is 2.21. The molecule has 0 aliphatic rings. The second kappa shape index (κ2) is 8.31. The van der Waals surface area contributed by atoms with Crippen LogP contribution in [0.5, 0.6) is 5.75 Å². The summed E-state index contributed by atoms with van der Waals surface area (Å²) >= 11 is 0. The van der Waals surface area contributed by atoms with Gasteiger partial charge in [0.05, 0.1) is 5.56 Å². The summed E-state index contributed by atoms with van der Waals surface area (Å²) in [4.78, 5) is 11.0. The van der Waals surface area contributed by atoms with Gasteiger partial charge in [0.1, 0.15) is 12.4 Å². The Morgan fingerprint density at radius 2 is 1.70 bits per heavy atom. The highest BCUT2D eigenvalue weighted by Gasteiger charge is 2.07. The molecule has 0 radical (unpaired) electrons. The molecule has 0 saturated carbocycles. The minimum Gasteiger partial charge on any atom is -0.486 e. The molecule has 2 N–H and O–H groups in total. The lowest BCUT2D eigenvalue weighted by Gasteiger charge is -2.10. The third kappa shape index (κ3) is 5.04. The fraction of sp³-hybridized carbons (Fsp3) is 0.0952. The Morgan fingerprint density at radius 3 is 2.41 bits per heavy atom. The van der Waals surface area contributed by atoms with Crippen molar-refractivity contribution in [2.75, 3.05) is 5.32 Å². The summed E-state index contributed by atoms with van der Waals surface area (Å²) < 4.78 is 32.5. The third-order valence-electron chi connectivity index (χ3n) is 3.91. The van der Waals surface area contributed by atoms with Crippen LogP contribution in [0.3, 0.4) is 0 Å². The van der Waals surface area contributed by atoms with Crippen LogP contribution in [-0.4, -0.2) is 11.1 Å². The van der Waals surface area contributed by atoms with E-state index in [1.807, 2.05) is 0 Å². The highest BCUT2D eigenvalue weighted by atomic mass is 19.1. The molecule has 0 unspecified atom stereocenters. The summed E-state index contributed by atoms with van der Waals surface area (Å²) in [5.41, 5.74) is 2.23. The number of anilines is 1. The van der Waals surface area contributed by atoms with Gasteiger partial charge < -0.3 is 15.2 Å². The van der Waals surface area contributed by atoms with E-state index in [0.717, 1.165) is 5.56 Å². The fourth-order valence-corrected chi connectivity index (χ4v) is 2.48. The first-order chi connectivity index (χ1) is 13.0. The van der Waals surface area contributed by atoms with Gasteiger partial charge >= 0.3 is 5.97 Å². The van der Waals surface area contributed by atoms with Gasteiger partial charge in [-0.15, -0.1) is 0 Å². The minimum atomic E-state index is -1.01. The largest absolute Gasteiger partial charge is 0.486 e. The first-order valence-electron chi connectivity index (χ1n) is 8.24. The topological polar surface area (TPSA) is 58.6 Å². The number of hydrogen-bond acceptors (Lipinski definition) is 3. The van der Waals surface area contributed by atoms with Crippen molar-refractivity contribution in [3.05, 3.63) is 95.1 Å². The molecule has 0 aliphatic heterocycles. The number of aromatic carboxylic acids is 1. The maximum absolute atomic E-state index is 14.2. The number of rotatable bonds is 7. The van der Waals surface area contributed by atoms with E-state index in [4.69, 9.17) is 9.84 Å². The smallest absolute Gasteiger partial charge is 0.335 e. The zero-order chi connectivity index (χ0) is 19.2. The summed E-state index contributed by atoms with van der Waals surface area (Å²) in [5, 5.41) is 12.1. The lowest BCUT2D eigenvalue weighted by atomic mass is 10.1. The van der Waals surface area contributed by atoms with Gasteiger partial charge in [-0.3, -0.25) is 0 Å². The number of halogens is 2. The predicted molar refractivity (Wildman–Crippen MR) is 97.9 cm³/mol. The number of hydrogen-bond donors (Lipinski definition) is 2. The van der Waals surface area contributed by atoms with Crippen molar-refractivity contribution < 1.29 is 23.4 Å². The van der Waals surface area contributed by atoms with E-state index < -0.39 is 11.8 Å². The van der Waals surface area contributed by atoms with E-state index in [1.165, 1.54) is 36.4 Å². The zero-order valence-corrected chi connectivity index (χ0v) is 14.3. The van der Waals surface area contributed by atoms with Crippen LogP contribution in [0.25, 0.3) is 0 Å². The molecule has 0 aliphatic carbocycles. The molecule has 0 spiro atoms. The molecule has 6 heteroatoms. The summed E-state index contributed by atoms with van der Waals surface area (Å²) in [5.74, 6) is -1.74. The standard InChI is InChI=1S/C21H17F2NO3/c22-17-7-4-14(5-8-17)13-27-20-9-6-15(10-19(20)23)12-24-18-3-1-2-16(11-18)21(25)26/h1-11,24H,12-13H2,(H,25,26). The molecular formula is C21H17F2NO3. The van der Waals surface area contributed by atoms with Crippen LogP contribution in [0.4, 0.5) is 14.5 Å². The monoisotopic (exact) mass is 369 g/mol. The average Bonchev–Trinajstić information content (AvgIpc) is 2.67. The molecule has 0 fully saturated rings. The second-order valence-electron chi connectivity index (χ2n) is 5.92. The molecule has 0 atom stereocenters. The van der Waals surface area contributed by atoms with Gasteiger partial charge in [0.2, 0.25) is 0 Å². The molecule has 3 rings (SSSR count). The first-order valence-corrected chi connectivity index (χ1v) is 8.24. The van der Waals surface area contributed by atoms with Gasteiger partial charge in [-0.05, 0) is 53.6 Å². The maximum atomic E-state index is 14.2. The van der Waals surface area contributed by atoms with Crippen LogP contribution >= 0.6 is 0 Å². The van der Waals surface area contributed by atoms with Crippen molar-refractivity contribution in [3.63, 3.8) is 0 Å². The Balaban J connectivity index is 1.60. The number of carboxylic acid groups (broad SMARTS) is 1. The van der Waals surface area contributed by atoms with Crippen molar-refractivity contribution >= 4 is 11.7 Å². The lowest BCUT2D eigenvalue weighted by Crippen LogP contribution is -2.03. The second-order valence-corrected chi connectivity index (χ2v) is 5.92. The molecule has 27 heavy (non-hydrogen) atoms. The highest BCUT2D eigenvalue weighted by molar-refractivity contribution is 5.88. The van der Waals surface area contributed by atoms with E-state index in [1.54, 1.807) is 30.3 Å². The average molecular weight is 369 g/mol. The Kier molecular flexibility index (Phi) is 5.66. The number of carbonyl (C=O) groups is 1. The van der Waals surface area contributed by atoms with Crippen LogP contribution in [-0.2, 0) is 13.2 Å². The summed E-state index contributed by atoms with van der Waals surface area (Å²) in [6.07, 6.45) is 0. The van der Waals surface area contributed by atoms with Gasteiger partial charge in [0, 0.05) is 12.2 Å². The molecule has 3 aromatic carbocycles. The van der Waals surface area contributed by atoms with Crippen molar-refractivity contribution in [2.24, 2.45) is 0 Å². The summed E-state index contributed by atoms with van der Waals surface area (Å²) in [6, 6.07) is 16.8. The maximum Gasteiger partial charge on any atom is 0.335 e. The molecule has 0 amide bonds. The van der Waals surface area contributed by atoms with Gasteiger partial charge in [0.25, 0.3) is 0 Å². The Morgan fingerprint density at radius 1 is 0.963 bits per heavy atom. The summed E-state index contributed by atoms with van der Waals surface area (Å²) in [6.45, 7) is 0.467. The van der Waals surface area contributed by atoms with Gasteiger partial charge in [0.15, 0.2) is 11.6 Å². The number of benzene rings is 3. The molecule has 0 bridgehead atoms. The van der Waals surface area contributed by atoms with Crippen molar-refractivity contribution in [2.45, 2.75) is 13.2 Å². The Labute approximate surface area is 155 Å². The van der Waals surface area contributed by atoms with Crippen LogP contribution in [0.15, 0.2) is 66.7 Å². The molecule has 0 saturated heterocycles. The Bertz CT molecular complexity index is 942. The first kappa shape index (κ1) is 18.4. The number of nitrogens with one attached hydrogen (secondary N) is 1. The van der Waals surface area contributed by atoms with Crippen molar-refractivity contribution in [1.29, 1.82) is 0 Å². The van der Waals surface area contributed by atoms with Crippen molar-refractivity contribution in [3.8, 4) is 5.75 Å². The molecule has 138 valence electrons. The van der Waals surface area contributed by atoms with E-state index >= 15 is 0 Å². The van der Waals surface area contributed by atoms with E-state index in [0.29, 0.717) is 17.8 Å². The SMILES string of the molecule is O=C(O)c1cccc(NCc2ccc(OCc3ccc(F)cc3)c(F)c2)c1. The molecule has 0 heterocycles. The van der Waals surface area contributed by atoms with Crippen LogP contribution < -0.4 is 10.1 Å². The van der Waals surface area contributed by atoms with E-state index in [2.05, 4.69) is 5.32 Å². The number of ether oxygens (including phenoxy) is 1. The quantitative estimate of drug-likeness (QED) is 0.625. The zero-order valence-electron chi connectivity index (χ0n) is 14.3. The van der Waals surface area contributed by atoms with Crippen LogP contribution in [0.2, 0.25) is 0 Å². The molecule has 0 aromatic heterocycles. The van der Waals surface area contributed by atoms with Crippen LogP contribution in [0.1, 0.15) is 21.5 Å². The lowest BCUT2D eigenvalue weighted by molar-refractivity contribution is 0.0697. The van der Waals surface area contributed by atoms with Gasteiger partial charge in [-0.1, -0.05) is 24.3 Å². The number of carboxylic acids is 1. The fourth-order valence-electron chi connectivity index (χ4n) is 2.48. The van der Waals surface area contributed by atoms with E-state index in [9.17, 15) is 13.6 Å². The minimum absolute atomic E-state index is 0.107. The van der Waals surface area contributed by atoms with Crippen molar-refractivity contribution in [1.82, 2.24) is 0 Å². The normalized spacial score (nSPS) is 10.4. The van der Waals surface area contributed by atoms with Crippen LogP contribution in [0, 0.1) is 11.6 Å². The van der Waals surface area contributed by atoms with E-state index in [-0.39, 0.29) is 23.7 Å². The third-order valence-corrected chi connectivity index (χ3v) is 3.91. The molecule has 4 nitrogen and oxygen atoms in total. The summed E-state index contributed by atoms with van der Waals surface area (Å²) in [7, 11) is 0. The predicted octanol–water partition coefficient (Wildman–Crippen LogP) is 4.85.